The number of carbonyl (C=O) groups is 2. The van der Waals surface area contributed by atoms with Crippen molar-refractivity contribution in [2.45, 2.75) is 19.4 Å². The smallest absolute Gasteiger partial charge is 0.337 e. The van der Waals surface area contributed by atoms with E-state index in [1.165, 1.54) is 0 Å². The van der Waals surface area contributed by atoms with Crippen LogP contribution in [0.4, 0.5) is 5.69 Å². The number of anilines is 1. The number of nitrogens with zero attached hydrogens (tertiary/aromatic N) is 2. The largest absolute Gasteiger partial charge is 0.478 e. The van der Waals surface area contributed by atoms with Crippen LogP contribution in [0.1, 0.15) is 28.8 Å². The van der Waals surface area contributed by atoms with Gasteiger partial charge in [-0.15, -0.1) is 0 Å². The van der Waals surface area contributed by atoms with Crippen LogP contribution in [0.25, 0.3) is 0 Å². The molecule has 2 aliphatic rings. The van der Waals surface area contributed by atoms with Crippen LogP contribution in [-0.4, -0.2) is 54.7 Å². The molecule has 2 heterocycles. The summed E-state index contributed by atoms with van der Waals surface area (Å²) in [6, 6.07) is 5.38. The van der Waals surface area contributed by atoms with Gasteiger partial charge in [-0.05, 0) is 24.1 Å². The van der Waals surface area contributed by atoms with Crippen LogP contribution in [0, 0.1) is 0 Å². The maximum atomic E-state index is 11.9. The lowest BCUT2D eigenvalue weighted by Crippen LogP contribution is -2.35. The monoisotopic (exact) mass is 304 g/mol. The van der Waals surface area contributed by atoms with Gasteiger partial charge in [0.1, 0.15) is 0 Å². The Bertz CT molecular complexity index is 582. The number of aromatic carboxylic acids is 1. The third-order valence-electron chi connectivity index (χ3n) is 4.17. The summed E-state index contributed by atoms with van der Waals surface area (Å²) in [6.07, 6.45) is 1.28. The molecular weight excluding hydrogens is 284 g/mol. The Hall–Kier alpha value is -1.92. The average molecular weight is 304 g/mol. The van der Waals surface area contributed by atoms with E-state index in [1.54, 1.807) is 17.0 Å². The SMILES string of the molecule is O=C(O)c1cc(CN2CCOCC2)ccc1N1CCCC1=O. The van der Waals surface area contributed by atoms with Gasteiger partial charge in [0.2, 0.25) is 5.91 Å². The molecule has 22 heavy (non-hydrogen) atoms. The highest BCUT2D eigenvalue weighted by Gasteiger charge is 2.26. The Kier molecular flexibility index (Phi) is 4.40. The summed E-state index contributed by atoms with van der Waals surface area (Å²) >= 11 is 0. The highest BCUT2D eigenvalue weighted by atomic mass is 16.5. The van der Waals surface area contributed by atoms with Gasteiger partial charge in [-0.1, -0.05) is 6.07 Å². The average Bonchev–Trinajstić information content (AvgIpc) is 2.94. The van der Waals surface area contributed by atoms with E-state index in [0.29, 0.717) is 38.4 Å². The lowest BCUT2D eigenvalue weighted by molar-refractivity contribution is -0.117. The molecule has 2 fully saturated rings. The van der Waals surface area contributed by atoms with Gasteiger partial charge in [0, 0.05) is 32.6 Å². The maximum Gasteiger partial charge on any atom is 0.337 e. The number of hydrogen-bond acceptors (Lipinski definition) is 4. The zero-order chi connectivity index (χ0) is 15.5. The molecule has 0 bridgehead atoms. The molecule has 6 heteroatoms. The Labute approximate surface area is 129 Å². The van der Waals surface area contributed by atoms with Crippen LogP contribution in [0.3, 0.4) is 0 Å². The van der Waals surface area contributed by atoms with Crippen LogP contribution >= 0.6 is 0 Å². The van der Waals surface area contributed by atoms with Crippen LogP contribution in [0.5, 0.6) is 0 Å². The highest BCUT2D eigenvalue weighted by molar-refractivity contribution is 6.03. The number of carboxylic acids is 1. The van der Waals surface area contributed by atoms with Crippen molar-refractivity contribution in [3.05, 3.63) is 29.3 Å². The summed E-state index contributed by atoms with van der Waals surface area (Å²) in [4.78, 5) is 27.2. The predicted molar refractivity (Wildman–Crippen MR) is 81.1 cm³/mol. The molecule has 6 nitrogen and oxygen atoms in total. The van der Waals surface area contributed by atoms with Crippen molar-refractivity contribution in [2.24, 2.45) is 0 Å². The highest BCUT2D eigenvalue weighted by Crippen LogP contribution is 2.27. The van der Waals surface area contributed by atoms with Gasteiger partial charge in [0.25, 0.3) is 0 Å². The van der Waals surface area contributed by atoms with E-state index < -0.39 is 5.97 Å². The quantitative estimate of drug-likeness (QED) is 0.909. The van der Waals surface area contributed by atoms with Gasteiger partial charge in [-0.25, -0.2) is 4.79 Å². The van der Waals surface area contributed by atoms with Gasteiger partial charge in [-0.2, -0.15) is 0 Å². The van der Waals surface area contributed by atoms with Gasteiger partial charge >= 0.3 is 5.97 Å². The molecule has 3 rings (SSSR count). The standard InChI is InChI=1S/C16H20N2O4/c19-15-2-1-5-18(15)14-4-3-12(10-13(14)16(20)21)11-17-6-8-22-9-7-17/h3-4,10H,1-2,5-9,11H2,(H,20,21). The van der Waals surface area contributed by atoms with Gasteiger partial charge in [0.15, 0.2) is 0 Å². The minimum Gasteiger partial charge on any atom is -0.478 e. The molecule has 1 aromatic rings. The first-order valence-electron chi connectivity index (χ1n) is 7.62. The second-order valence-electron chi connectivity index (χ2n) is 5.69. The molecule has 0 aromatic heterocycles. The van der Waals surface area contributed by atoms with E-state index in [0.717, 1.165) is 25.1 Å². The number of morpholine rings is 1. The lowest BCUT2D eigenvalue weighted by Gasteiger charge is -2.27. The van der Waals surface area contributed by atoms with Crippen molar-refractivity contribution >= 4 is 17.6 Å². The van der Waals surface area contributed by atoms with E-state index in [4.69, 9.17) is 4.74 Å². The van der Waals surface area contributed by atoms with Gasteiger partial charge in [-0.3, -0.25) is 9.69 Å². The van der Waals surface area contributed by atoms with Crippen molar-refractivity contribution in [2.75, 3.05) is 37.7 Å². The van der Waals surface area contributed by atoms with Gasteiger partial charge in [0.05, 0.1) is 24.5 Å². The summed E-state index contributed by atoms with van der Waals surface area (Å²) < 4.78 is 5.32. The molecule has 0 saturated carbocycles. The third-order valence-corrected chi connectivity index (χ3v) is 4.17. The number of carbonyl (C=O) groups excluding carboxylic acids is 1. The fourth-order valence-electron chi connectivity index (χ4n) is 3.01. The predicted octanol–water partition coefficient (Wildman–Crippen LogP) is 1.34. The molecule has 1 aromatic carbocycles. The molecule has 0 unspecified atom stereocenters. The van der Waals surface area contributed by atoms with Crippen LogP contribution in [0.15, 0.2) is 18.2 Å². The van der Waals surface area contributed by atoms with Crippen LogP contribution in [-0.2, 0) is 16.1 Å². The Morgan fingerprint density at radius 2 is 2.00 bits per heavy atom. The second kappa shape index (κ2) is 6.46. The number of rotatable bonds is 4. The first-order chi connectivity index (χ1) is 10.6. The van der Waals surface area contributed by atoms with Crippen LogP contribution < -0.4 is 4.90 Å². The number of benzene rings is 1. The zero-order valence-electron chi connectivity index (χ0n) is 12.5. The van der Waals surface area contributed by atoms with Crippen molar-refractivity contribution in [3.8, 4) is 0 Å². The fourth-order valence-corrected chi connectivity index (χ4v) is 3.01. The van der Waals surface area contributed by atoms with E-state index in [1.807, 2.05) is 6.07 Å². The van der Waals surface area contributed by atoms with Crippen molar-refractivity contribution < 1.29 is 19.4 Å². The van der Waals surface area contributed by atoms with Gasteiger partial charge < -0.3 is 14.7 Å². The summed E-state index contributed by atoms with van der Waals surface area (Å²) in [5.74, 6) is -0.984. The van der Waals surface area contributed by atoms with E-state index in [-0.39, 0.29) is 11.5 Å². The molecule has 2 saturated heterocycles. The molecule has 1 N–H and O–H groups in total. The second-order valence-corrected chi connectivity index (χ2v) is 5.69. The Morgan fingerprint density at radius 3 is 2.64 bits per heavy atom. The van der Waals surface area contributed by atoms with Crippen molar-refractivity contribution in [3.63, 3.8) is 0 Å². The number of amides is 1. The molecule has 2 aliphatic heterocycles. The van der Waals surface area contributed by atoms with E-state index in [2.05, 4.69) is 4.90 Å². The molecular formula is C16H20N2O4. The van der Waals surface area contributed by atoms with E-state index >= 15 is 0 Å². The normalized spacial score (nSPS) is 19.6. The molecule has 0 radical (unpaired) electrons. The summed E-state index contributed by atoms with van der Waals surface area (Å²) in [5, 5.41) is 9.47. The summed E-state index contributed by atoms with van der Waals surface area (Å²) in [7, 11) is 0. The minimum absolute atomic E-state index is 0.00318. The zero-order valence-corrected chi connectivity index (χ0v) is 12.5. The number of ether oxygens (including phenoxy) is 1. The van der Waals surface area contributed by atoms with E-state index in [9.17, 15) is 14.7 Å². The molecule has 0 spiro atoms. The first-order valence-corrected chi connectivity index (χ1v) is 7.62. The molecule has 0 aliphatic carbocycles. The first kappa shape index (κ1) is 15.0. The molecule has 118 valence electrons. The Balaban J connectivity index is 1.83. The van der Waals surface area contributed by atoms with Crippen molar-refractivity contribution in [1.82, 2.24) is 4.90 Å². The maximum absolute atomic E-state index is 11.9. The summed E-state index contributed by atoms with van der Waals surface area (Å²) in [5.41, 5.74) is 1.68. The topological polar surface area (TPSA) is 70.1 Å². The molecule has 0 atom stereocenters. The Morgan fingerprint density at radius 1 is 1.23 bits per heavy atom. The molecule has 1 amide bonds. The minimum atomic E-state index is -0.987. The fraction of sp³-hybridized carbons (Fsp3) is 0.500. The van der Waals surface area contributed by atoms with Crippen LogP contribution in [0.2, 0.25) is 0 Å². The number of carboxylic acid groups (broad SMARTS) is 1. The third kappa shape index (κ3) is 3.13. The lowest BCUT2D eigenvalue weighted by atomic mass is 10.1. The summed E-state index contributed by atoms with van der Waals surface area (Å²) in [6.45, 7) is 4.45. The van der Waals surface area contributed by atoms with Crippen molar-refractivity contribution in [1.29, 1.82) is 0 Å². The number of hydrogen-bond donors (Lipinski definition) is 1.